The van der Waals surface area contributed by atoms with Gasteiger partial charge in [-0.15, -0.1) is 12.3 Å². The predicted molar refractivity (Wildman–Crippen MR) is 104 cm³/mol. The molecule has 2 aliphatic rings. The van der Waals surface area contributed by atoms with Crippen LogP contribution in [0.5, 0.6) is 5.75 Å². The second kappa shape index (κ2) is 7.73. The molecule has 0 amide bonds. The van der Waals surface area contributed by atoms with Gasteiger partial charge >= 0.3 is 0 Å². The van der Waals surface area contributed by atoms with Crippen molar-refractivity contribution in [3.05, 3.63) is 30.0 Å². The highest BCUT2D eigenvalue weighted by molar-refractivity contribution is 5.85. The van der Waals surface area contributed by atoms with Crippen LogP contribution in [0.4, 0.5) is 0 Å². The standard InChI is InChI=1S/C22H28N2O2/c1-2-3-11-26-20-8-9-22-21(12-20)18(15-24(22)13-17-6-7-17)14-23-10-4-5-19(23)16-25/h1,8-9,12,15,17,19,25H,3-7,10-11,13-14,16H2/t19-/m0/s1. The van der Waals surface area contributed by atoms with Crippen molar-refractivity contribution in [1.82, 2.24) is 9.47 Å². The highest BCUT2D eigenvalue weighted by Crippen LogP contribution is 2.34. The zero-order chi connectivity index (χ0) is 17.9. The third-order valence-corrected chi connectivity index (χ3v) is 5.69. The molecular formula is C22H28N2O2. The first-order valence-corrected chi connectivity index (χ1v) is 9.81. The normalized spacial score (nSPS) is 20.5. The predicted octanol–water partition coefficient (Wildman–Crippen LogP) is 3.41. The van der Waals surface area contributed by atoms with E-state index in [0.717, 1.165) is 37.7 Å². The van der Waals surface area contributed by atoms with Crippen molar-refractivity contribution in [2.75, 3.05) is 19.8 Å². The van der Waals surface area contributed by atoms with Crippen molar-refractivity contribution >= 4 is 10.9 Å². The largest absolute Gasteiger partial charge is 0.493 e. The maximum Gasteiger partial charge on any atom is 0.120 e. The van der Waals surface area contributed by atoms with Crippen LogP contribution < -0.4 is 4.74 Å². The summed E-state index contributed by atoms with van der Waals surface area (Å²) in [5, 5.41) is 10.9. The molecule has 1 atom stereocenters. The molecule has 1 aliphatic heterocycles. The lowest BCUT2D eigenvalue weighted by molar-refractivity contribution is 0.154. The SMILES string of the molecule is C#CCCOc1ccc2c(c1)c(CN1CCC[C@H]1CO)cn2CC1CC1. The average Bonchev–Trinajstić information content (AvgIpc) is 3.25. The molecular weight excluding hydrogens is 324 g/mol. The number of ether oxygens (including phenoxy) is 1. The second-order valence-corrected chi connectivity index (χ2v) is 7.68. The fraction of sp³-hybridized carbons (Fsp3) is 0.545. The van der Waals surface area contributed by atoms with E-state index in [4.69, 9.17) is 11.2 Å². The summed E-state index contributed by atoms with van der Waals surface area (Å²) < 4.78 is 8.23. The summed E-state index contributed by atoms with van der Waals surface area (Å²) in [5.74, 6) is 4.34. The van der Waals surface area contributed by atoms with E-state index in [1.54, 1.807) is 0 Å². The molecule has 1 saturated heterocycles. The molecule has 4 rings (SSSR count). The van der Waals surface area contributed by atoms with E-state index in [1.165, 1.54) is 35.7 Å². The first kappa shape index (κ1) is 17.5. The monoisotopic (exact) mass is 352 g/mol. The van der Waals surface area contributed by atoms with E-state index >= 15 is 0 Å². The number of rotatable bonds is 8. The zero-order valence-corrected chi connectivity index (χ0v) is 15.4. The third kappa shape index (κ3) is 3.75. The maximum atomic E-state index is 9.64. The fourth-order valence-corrected chi connectivity index (χ4v) is 4.05. The van der Waals surface area contributed by atoms with Gasteiger partial charge in [0, 0.05) is 42.7 Å². The summed E-state index contributed by atoms with van der Waals surface area (Å²) in [6.45, 7) is 3.88. The minimum Gasteiger partial charge on any atom is -0.493 e. The van der Waals surface area contributed by atoms with Gasteiger partial charge in [0.05, 0.1) is 13.2 Å². The Morgan fingerprint density at radius 2 is 2.15 bits per heavy atom. The minimum atomic E-state index is 0.251. The van der Waals surface area contributed by atoms with Crippen LogP contribution in [0.15, 0.2) is 24.4 Å². The summed E-state index contributed by atoms with van der Waals surface area (Å²) in [7, 11) is 0. The van der Waals surface area contributed by atoms with Crippen LogP contribution in [0, 0.1) is 18.3 Å². The molecule has 0 unspecified atom stereocenters. The van der Waals surface area contributed by atoms with Gasteiger partial charge in [0.2, 0.25) is 0 Å². The van der Waals surface area contributed by atoms with Gasteiger partial charge in [0.1, 0.15) is 5.75 Å². The van der Waals surface area contributed by atoms with Gasteiger partial charge in [-0.1, -0.05) is 0 Å². The van der Waals surface area contributed by atoms with Crippen LogP contribution in [-0.2, 0) is 13.1 Å². The molecule has 1 aromatic heterocycles. The number of fused-ring (bicyclic) bond motifs is 1. The molecule has 4 heteroatoms. The number of nitrogens with zero attached hydrogens (tertiary/aromatic N) is 2. The molecule has 0 bridgehead atoms. The van der Waals surface area contributed by atoms with Crippen molar-refractivity contribution in [3.8, 4) is 18.1 Å². The van der Waals surface area contributed by atoms with E-state index < -0.39 is 0 Å². The molecule has 0 spiro atoms. The van der Waals surface area contributed by atoms with Crippen LogP contribution in [0.3, 0.4) is 0 Å². The number of hydrogen-bond acceptors (Lipinski definition) is 3. The molecule has 1 N–H and O–H groups in total. The van der Waals surface area contributed by atoms with Crippen LogP contribution >= 0.6 is 0 Å². The van der Waals surface area contributed by atoms with Crippen molar-refractivity contribution in [1.29, 1.82) is 0 Å². The quantitative estimate of drug-likeness (QED) is 0.584. The Morgan fingerprint density at radius 1 is 1.27 bits per heavy atom. The van der Waals surface area contributed by atoms with Gasteiger partial charge in [-0.3, -0.25) is 4.90 Å². The summed E-state index contributed by atoms with van der Waals surface area (Å²) in [4.78, 5) is 2.42. The van der Waals surface area contributed by atoms with Gasteiger partial charge in [-0.25, -0.2) is 0 Å². The number of hydrogen-bond donors (Lipinski definition) is 1. The average molecular weight is 352 g/mol. The topological polar surface area (TPSA) is 37.6 Å². The second-order valence-electron chi connectivity index (χ2n) is 7.68. The molecule has 2 aromatic rings. The molecule has 138 valence electrons. The van der Waals surface area contributed by atoms with Crippen molar-refractivity contribution in [2.24, 2.45) is 5.92 Å². The lowest BCUT2D eigenvalue weighted by Gasteiger charge is -2.22. The fourth-order valence-electron chi connectivity index (χ4n) is 4.05. The van der Waals surface area contributed by atoms with Crippen LogP contribution in [0.1, 0.15) is 37.7 Å². The van der Waals surface area contributed by atoms with Crippen LogP contribution in [-0.4, -0.2) is 40.4 Å². The summed E-state index contributed by atoms with van der Waals surface area (Å²) in [6.07, 6.45) is 13.2. The Morgan fingerprint density at radius 3 is 2.92 bits per heavy atom. The number of aliphatic hydroxyl groups is 1. The third-order valence-electron chi connectivity index (χ3n) is 5.69. The molecule has 2 fully saturated rings. The van der Waals surface area contributed by atoms with Crippen LogP contribution in [0.2, 0.25) is 0 Å². The highest BCUT2D eigenvalue weighted by atomic mass is 16.5. The van der Waals surface area contributed by atoms with E-state index in [2.05, 4.69) is 39.8 Å². The number of likely N-dealkylation sites (tertiary alicyclic amines) is 1. The minimum absolute atomic E-state index is 0.251. The van der Waals surface area contributed by atoms with Gasteiger partial charge in [-0.2, -0.15) is 0 Å². The van der Waals surface area contributed by atoms with Gasteiger partial charge < -0.3 is 14.4 Å². The smallest absolute Gasteiger partial charge is 0.120 e. The first-order chi connectivity index (χ1) is 12.8. The Hall–Kier alpha value is -1.96. The summed E-state index contributed by atoms with van der Waals surface area (Å²) in [6, 6.07) is 6.69. The molecule has 0 radical (unpaired) electrons. The number of aliphatic hydroxyl groups excluding tert-OH is 1. The number of terminal acetylenes is 1. The Bertz CT molecular complexity index is 800. The Balaban J connectivity index is 1.62. The molecule has 1 saturated carbocycles. The van der Waals surface area contributed by atoms with E-state index in [-0.39, 0.29) is 6.61 Å². The molecule has 1 aliphatic carbocycles. The Kier molecular flexibility index (Phi) is 5.19. The van der Waals surface area contributed by atoms with Crippen LogP contribution in [0.25, 0.3) is 10.9 Å². The first-order valence-electron chi connectivity index (χ1n) is 9.81. The van der Waals surface area contributed by atoms with Crippen molar-refractivity contribution < 1.29 is 9.84 Å². The van der Waals surface area contributed by atoms with Crippen molar-refractivity contribution in [2.45, 2.75) is 51.2 Å². The molecule has 2 heterocycles. The van der Waals surface area contributed by atoms with Gasteiger partial charge in [0.15, 0.2) is 0 Å². The lowest BCUT2D eigenvalue weighted by Crippen LogP contribution is -2.31. The lowest BCUT2D eigenvalue weighted by atomic mass is 10.1. The maximum absolute atomic E-state index is 9.64. The number of benzene rings is 1. The van der Waals surface area contributed by atoms with E-state index in [1.807, 2.05) is 0 Å². The zero-order valence-electron chi connectivity index (χ0n) is 15.4. The highest BCUT2D eigenvalue weighted by Gasteiger charge is 2.26. The van der Waals surface area contributed by atoms with E-state index in [0.29, 0.717) is 19.1 Å². The summed E-state index contributed by atoms with van der Waals surface area (Å²) >= 11 is 0. The number of aromatic nitrogens is 1. The molecule has 1 aromatic carbocycles. The Labute approximate surface area is 155 Å². The molecule has 26 heavy (non-hydrogen) atoms. The summed E-state index contributed by atoms with van der Waals surface area (Å²) in [5.41, 5.74) is 2.62. The van der Waals surface area contributed by atoms with Gasteiger partial charge in [-0.05, 0) is 61.9 Å². The van der Waals surface area contributed by atoms with Crippen molar-refractivity contribution in [3.63, 3.8) is 0 Å². The van der Waals surface area contributed by atoms with E-state index in [9.17, 15) is 5.11 Å². The van der Waals surface area contributed by atoms with Gasteiger partial charge in [0.25, 0.3) is 0 Å². The molecule has 4 nitrogen and oxygen atoms in total.